The smallest absolute Gasteiger partial charge is 0.265 e. The lowest BCUT2D eigenvalue weighted by molar-refractivity contribution is -0.122. The molecule has 2 N–H and O–H groups in total. The van der Waals surface area contributed by atoms with Crippen molar-refractivity contribution in [2.75, 3.05) is 31.3 Å². The van der Waals surface area contributed by atoms with E-state index in [4.69, 9.17) is 9.47 Å². The van der Waals surface area contributed by atoms with E-state index in [1.807, 2.05) is 0 Å². The predicted molar refractivity (Wildman–Crippen MR) is 111 cm³/mol. The second-order valence-corrected chi connectivity index (χ2v) is 8.89. The summed E-state index contributed by atoms with van der Waals surface area (Å²) in [6.07, 6.45) is -0.736. The summed E-state index contributed by atoms with van der Waals surface area (Å²) >= 11 is 0. The lowest BCUT2D eigenvalue weighted by atomic mass is 10.1. The molecule has 10 heteroatoms. The zero-order chi connectivity index (χ0) is 22.1. The van der Waals surface area contributed by atoms with Crippen LogP contribution in [0.15, 0.2) is 41.3 Å². The van der Waals surface area contributed by atoms with Crippen LogP contribution in [0.1, 0.15) is 12.5 Å². The third kappa shape index (κ3) is 4.24. The van der Waals surface area contributed by atoms with Gasteiger partial charge in [-0.05, 0) is 37.6 Å². The number of hydrogen-bond acceptors (Lipinski definition) is 6. The van der Waals surface area contributed by atoms with Crippen molar-refractivity contribution in [2.45, 2.75) is 24.8 Å². The van der Waals surface area contributed by atoms with Crippen molar-refractivity contribution < 1.29 is 27.5 Å². The molecule has 0 radical (unpaired) electrons. The summed E-state index contributed by atoms with van der Waals surface area (Å²) < 4.78 is 37.8. The number of carbonyl (C=O) groups excluding carboxylic acids is 2. The monoisotopic (exact) mass is 433 g/mol. The summed E-state index contributed by atoms with van der Waals surface area (Å²) in [6.45, 7) is 2.78. The molecule has 9 nitrogen and oxygen atoms in total. The molecule has 1 atom stereocenters. The minimum absolute atomic E-state index is 0.00260. The van der Waals surface area contributed by atoms with E-state index in [0.29, 0.717) is 22.7 Å². The maximum Gasteiger partial charge on any atom is 0.265 e. The first-order valence-electron chi connectivity index (χ1n) is 9.15. The Morgan fingerprint density at radius 3 is 2.70 bits per heavy atom. The maximum atomic E-state index is 13.1. The van der Waals surface area contributed by atoms with Gasteiger partial charge in [0.05, 0.1) is 29.9 Å². The van der Waals surface area contributed by atoms with E-state index in [1.165, 1.54) is 26.3 Å². The van der Waals surface area contributed by atoms with E-state index in [1.54, 1.807) is 38.1 Å². The van der Waals surface area contributed by atoms with Gasteiger partial charge < -0.3 is 20.1 Å². The second kappa shape index (κ2) is 8.33. The molecule has 30 heavy (non-hydrogen) atoms. The number of para-hydroxylation sites is 2. The molecular formula is C20H23N3O6S. The number of rotatable bonds is 6. The third-order valence-electron chi connectivity index (χ3n) is 4.64. The Kier molecular flexibility index (Phi) is 5.99. The SMILES string of the molecule is COc1ccccc1NC(=O)CN(C)S(=O)(=O)c1cc2c(cc1C)NC(=O)C(C)O2. The molecule has 1 unspecified atom stereocenters. The first kappa shape index (κ1) is 21.6. The van der Waals surface area contributed by atoms with Gasteiger partial charge in [-0.2, -0.15) is 4.31 Å². The quantitative estimate of drug-likeness (QED) is 0.720. The van der Waals surface area contributed by atoms with Crippen LogP contribution in [0, 0.1) is 6.92 Å². The van der Waals surface area contributed by atoms with Crippen LogP contribution >= 0.6 is 0 Å². The minimum Gasteiger partial charge on any atom is -0.495 e. The summed E-state index contributed by atoms with van der Waals surface area (Å²) in [5, 5.41) is 5.33. The number of anilines is 2. The molecule has 0 fully saturated rings. The Morgan fingerprint density at radius 1 is 1.30 bits per heavy atom. The Bertz CT molecular complexity index is 1100. The molecule has 1 aliphatic rings. The summed E-state index contributed by atoms with van der Waals surface area (Å²) in [4.78, 5) is 24.2. The molecule has 2 aromatic rings. The van der Waals surface area contributed by atoms with Crippen LogP contribution in [0.2, 0.25) is 0 Å². The molecule has 0 saturated heterocycles. The summed E-state index contributed by atoms with van der Waals surface area (Å²) in [5.41, 5.74) is 1.27. The normalized spacial score (nSPS) is 15.8. The van der Waals surface area contributed by atoms with Gasteiger partial charge >= 0.3 is 0 Å². The van der Waals surface area contributed by atoms with E-state index in [0.717, 1.165) is 4.31 Å². The van der Waals surface area contributed by atoms with Crippen LogP contribution in [0.25, 0.3) is 0 Å². The van der Waals surface area contributed by atoms with Crippen molar-refractivity contribution in [3.05, 3.63) is 42.0 Å². The molecule has 1 aliphatic heterocycles. The van der Waals surface area contributed by atoms with Gasteiger partial charge in [0.2, 0.25) is 15.9 Å². The lowest BCUT2D eigenvalue weighted by Gasteiger charge is -2.25. The number of hydrogen-bond donors (Lipinski definition) is 2. The molecule has 0 aliphatic carbocycles. The molecular weight excluding hydrogens is 410 g/mol. The first-order valence-corrected chi connectivity index (χ1v) is 10.6. The number of amides is 2. The molecule has 1 heterocycles. The summed E-state index contributed by atoms with van der Waals surface area (Å²) in [5.74, 6) is -0.0886. The average molecular weight is 433 g/mol. The van der Waals surface area contributed by atoms with Crippen LogP contribution in [0.3, 0.4) is 0 Å². The van der Waals surface area contributed by atoms with Crippen molar-refractivity contribution in [3.8, 4) is 11.5 Å². The maximum absolute atomic E-state index is 13.1. The Labute approximate surface area is 175 Å². The highest BCUT2D eigenvalue weighted by Gasteiger charge is 2.30. The van der Waals surface area contributed by atoms with Gasteiger partial charge in [-0.1, -0.05) is 12.1 Å². The molecule has 2 amide bonds. The van der Waals surface area contributed by atoms with E-state index in [-0.39, 0.29) is 16.6 Å². The van der Waals surface area contributed by atoms with Crippen molar-refractivity contribution in [3.63, 3.8) is 0 Å². The fraction of sp³-hybridized carbons (Fsp3) is 0.300. The second-order valence-electron chi connectivity index (χ2n) is 6.87. The van der Waals surface area contributed by atoms with Gasteiger partial charge in [0.25, 0.3) is 5.91 Å². The van der Waals surface area contributed by atoms with E-state index >= 15 is 0 Å². The number of carbonyl (C=O) groups is 2. The Morgan fingerprint density at radius 2 is 2.00 bits per heavy atom. The Hall–Kier alpha value is -3.11. The van der Waals surface area contributed by atoms with Gasteiger partial charge in [-0.3, -0.25) is 9.59 Å². The van der Waals surface area contributed by atoms with Gasteiger partial charge in [-0.25, -0.2) is 8.42 Å². The minimum atomic E-state index is -3.99. The summed E-state index contributed by atoms with van der Waals surface area (Å²) in [6, 6.07) is 9.74. The van der Waals surface area contributed by atoms with Crippen LogP contribution in [-0.2, 0) is 19.6 Å². The van der Waals surface area contributed by atoms with Gasteiger partial charge in [-0.15, -0.1) is 0 Å². The standard InChI is InChI=1S/C20H23N3O6S/c1-12-9-15-17(29-13(2)20(25)22-15)10-18(12)30(26,27)23(3)11-19(24)21-14-7-5-6-8-16(14)28-4/h5-10,13H,11H2,1-4H3,(H,21,24)(H,22,25). The third-order valence-corrected chi connectivity index (χ3v) is 6.59. The zero-order valence-corrected chi connectivity index (χ0v) is 17.9. The number of benzene rings is 2. The van der Waals surface area contributed by atoms with Crippen LogP contribution in [-0.4, -0.2) is 51.3 Å². The van der Waals surface area contributed by atoms with E-state index in [2.05, 4.69) is 10.6 Å². The highest BCUT2D eigenvalue weighted by molar-refractivity contribution is 7.89. The largest absolute Gasteiger partial charge is 0.495 e. The van der Waals surface area contributed by atoms with E-state index in [9.17, 15) is 18.0 Å². The Balaban J connectivity index is 1.80. The average Bonchev–Trinajstić information content (AvgIpc) is 2.69. The fourth-order valence-electron chi connectivity index (χ4n) is 3.01. The van der Waals surface area contributed by atoms with Crippen LogP contribution < -0.4 is 20.1 Å². The highest BCUT2D eigenvalue weighted by Crippen LogP contribution is 2.35. The predicted octanol–water partition coefficient (Wildman–Crippen LogP) is 1.98. The summed E-state index contributed by atoms with van der Waals surface area (Å²) in [7, 11) is -1.19. The number of aryl methyl sites for hydroxylation is 1. The molecule has 0 aromatic heterocycles. The number of fused-ring (bicyclic) bond motifs is 1. The van der Waals surface area contributed by atoms with Crippen molar-refractivity contribution >= 4 is 33.2 Å². The van der Waals surface area contributed by atoms with Gasteiger partial charge in [0, 0.05) is 13.1 Å². The zero-order valence-electron chi connectivity index (χ0n) is 17.1. The molecule has 0 saturated carbocycles. The van der Waals surface area contributed by atoms with Gasteiger partial charge in [0.15, 0.2) is 6.10 Å². The number of nitrogens with zero attached hydrogens (tertiary/aromatic N) is 1. The van der Waals surface area contributed by atoms with Crippen molar-refractivity contribution in [1.29, 1.82) is 0 Å². The molecule has 160 valence electrons. The van der Waals surface area contributed by atoms with Crippen molar-refractivity contribution in [1.82, 2.24) is 4.31 Å². The number of likely N-dealkylation sites (N-methyl/N-ethyl adjacent to an activating group) is 1. The van der Waals surface area contributed by atoms with Gasteiger partial charge in [0.1, 0.15) is 11.5 Å². The number of methoxy groups -OCH3 is 1. The topological polar surface area (TPSA) is 114 Å². The van der Waals surface area contributed by atoms with E-state index < -0.39 is 28.6 Å². The number of sulfonamides is 1. The fourth-order valence-corrected chi connectivity index (χ4v) is 4.36. The lowest BCUT2D eigenvalue weighted by Crippen LogP contribution is -2.36. The molecule has 0 spiro atoms. The molecule has 0 bridgehead atoms. The van der Waals surface area contributed by atoms with Crippen LogP contribution in [0.5, 0.6) is 11.5 Å². The first-order chi connectivity index (χ1) is 14.1. The van der Waals surface area contributed by atoms with Crippen LogP contribution in [0.4, 0.5) is 11.4 Å². The number of ether oxygens (including phenoxy) is 2. The van der Waals surface area contributed by atoms with Crippen molar-refractivity contribution in [2.24, 2.45) is 0 Å². The molecule has 3 rings (SSSR count). The highest BCUT2D eigenvalue weighted by atomic mass is 32.2. The molecule has 2 aromatic carbocycles. The number of nitrogens with one attached hydrogen (secondary N) is 2.